The van der Waals surface area contributed by atoms with Crippen LogP contribution in [-0.2, 0) is 9.59 Å². The maximum Gasteiger partial charge on any atom is 0.241 e. The molecule has 5 heteroatoms. The van der Waals surface area contributed by atoms with Gasteiger partial charge in [-0.1, -0.05) is 18.2 Å². The van der Waals surface area contributed by atoms with Crippen LogP contribution in [0.5, 0.6) is 5.75 Å². The van der Waals surface area contributed by atoms with E-state index in [1.165, 1.54) is 4.90 Å². The van der Waals surface area contributed by atoms with Gasteiger partial charge in [0.15, 0.2) is 0 Å². The average molecular weight is 407 g/mol. The first kappa shape index (κ1) is 15.0. The van der Waals surface area contributed by atoms with Crippen molar-refractivity contribution in [2.45, 2.75) is 12.3 Å². The number of imide groups is 1. The Labute approximate surface area is 142 Å². The summed E-state index contributed by atoms with van der Waals surface area (Å²) in [5.74, 6) is -0.223. The summed E-state index contributed by atoms with van der Waals surface area (Å²) in [5.41, 5.74) is 1.38. The number of para-hydroxylation sites is 1. The first-order valence-corrected chi connectivity index (χ1v) is 7.95. The van der Waals surface area contributed by atoms with E-state index in [9.17, 15) is 9.59 Å². The molecule has 0 saturated carbocycles. The number of nitrogens with zero attached hydrogens (tertiary/aromatic N) is 1. The van der Waals surface area contributed by atoms with E-state index < -0.39 is 5.92 Å². The molecule has 0 bridgehead atoms. The third-order valence-electron chi connectivity index (χ3n) is 3.75. The minimum atomic E-state index is -0.483. The number of benzene rings is 2. The fourth-order valence-electron chi connectivity index (χ4n) is 2.69. The molecule has 1 aliphatic rings. The van der Waals surface area contributed by atoms with E-state index in [4.69, 9.17) is 4.74 Å². The number of hydrogen-bond donors (Lipinski definition) is 0. The van der Waals surface area contributed by atoms with Crippen molar-refractivity contribution in [3.8, 4) is 5.75 Å². The van der Waals surface area contributed by atoms with E-state index in [2.05, 4.69) is 22.6 Å². The molecule has 1 fully saturated rings. The molecule has 4 nitrogen and oxygen atoms in total. The van der Waals surface area contributed by atoms with E-state index in [1.807, 2.05) is 30.3 Å². The largest absolute Gasteiger partial charge is 0.496 e. The number of rotatable bonds is 3. The lowest BCUT2D eigenvalue weighted by atomic mass is 9.96. The molecule has 3 rings (SSSR count). The zero-order valence-electron chi connectivity index (χ0n) is 12.0. The number of hydrogen-bond acceptors (Lipinski definition) is 3. The molecule has 1 heterocycles. The monoisotopic (exact) mass is 407 g/mol. The van der Waals surface area contributed by atoms with Gasteiger partial charge in [0.05, 0.1) is 18.7 Å². The van der Waals surface area contributed by atoms with Gasteiger partial charge in [0.2, 0.25) is 11.8 Å². The Morgan fingerprint density at radius 1 is 1.09 bits per heavy atom. The van der Waals surface area contributed by atoms with Crippen molar-refractivity contribution in [2.24, 2.45) is 0 Å². The standard InChI is InChI=1S/C17H14INO3/c1-22-15-5-3-2-4-13(15)14-10-16(20)19(17(14)21)12-8-6-11(18)7-9-12/h2-9,14H,10H2,1H3. The predicted molar refractivity (Wildman–Crippen MR) is 92.0 cm³/mol. The van der Waals surface area contributed by atoms with Crippen LogP contribution in [0.3, 0.4) is 0 Å². The highest BCUT2D eigenvalue weighted by Crippen LogP contribution is 2.37. The van der Waals surface area contributed by atoms with Crippen LogP contribution in [0.25, 0.3) is 0 Å². The van der Waals surface area contributed by atoms with E-state index in [0.717, 1.165) is 9.13 Å². The maximum atomic E-state index is 12.7. The van der Waals surface area contributed by atoms with Crippen molar-refractivity contribution in [3.05, 3.63) is 57.7 Å². The van der Waals surface area contributed by atoms with E-state index >= 15 is 0 Å². The molecule has 1 unspecified atom stereocenters. The minimum absolute atomic E-state index is 0.172. The summed E-state index contributed by atoms with van der Waals surface area (Å²) in [6.45, 7) is 0. The van der Waals surface area contributed by atoms with Gasteiger partial charge < -0.3 is 4.74 Å². The molecule has 0 aliphatic carbocycles. The van der Waals surface area contributed by atoms with Crippen molar-refractivity contribution in [1.82, 2.24) is 0 Å². The fraction of sp³-hybridized carbons (Fsp3) is 0.176. The Hall–Kier alpha value is -1.89. The van der Waals surface area contributed by atoms with E-state index in [-0.39, 0.29) is 18.2 Å². The van der Waals surface area contributed by atoms with Gasteiger partial charge in [0, 0.05) is 15.6 Å². The van der Waals surface area contributed by atoms with Crippen molar-refractivity contribution in [3.63, 3.8) is 0 Å². The molecule has 2 aromatic carbocycles. The first-order valence-electron chi connectivity index (χ1n) is 6.87. The van der Waals surface area contributed by atoms with Gasteiger partial charge in [0.1, 0.15) is 5.75 Å². The van der Waals surface area contributed by atoms with Gasteiger partial charge in [0.25, 0.3) is 0 Å². The number of anilines is 1. The lowest BCUT2D eigenvalue weighted by Crippen LogP contribution is -2.30. The van der Waals surface area contributed by atoms with Gasteiger partial charge >= 0.3 is 0 Å². The third kappa shape index (κ3) is 2.61. The molecule has 1 saturated heterocycles. The Balaban J connectivity index is 1.96. The highest BCUT2D eigenvalue weighted by atomic mass is 127. The second kappa shape index (κ2) is 6.08. The minimum Gasteiger partial charge on any atom is -0.496 e. The van der Waals surface area contributed by atoms with Gasteiger partial charge in [-0.05, 0) is 52.9 Å². The van der Waals surface area contributed by atoms with Crippen LogP contribution >= 0.6 is 22.6 Å². The fourth-order valence-corrected chi connectivity index (χ4v) is 3.05. The number of carbonyl (C=O) groups excluding carboxylic acids is 2. The smallest absolute Gasteiger partial charge is 0.241 e. The van der Waals surface area contributed by atoms with Crippen molar-refractivity contribution in [2.75, 3.05) is 12.0 Å². The van der Waals surface area contributed by atoms with Gasteiger partial charge in [-0.3, -0.25) is 14.5 Å². The molecule has 0 aromatic heterocycles. The normalized spacial score (nSPS) is 17.9. The molecule has 2 aromatic rings. The van der Waals surface area contributed by atoms with E-state index in [1.54, 1.807) is 25.3 Å². The first-order chi connectivity index (χ1) is 10.6. The highest BCUT2D eigenvalue weighted by molar-refractivity contribution is 14.1. The number of amides is 2. The van der Waals surface area contributed by atoms with Crippen molar-refractivity contribution in [1.29, 1.82) is 0 Å². The second-order valence-corrected chi connectivity index (χ2v) is 6.29. The van der Waals surface area contributed by atoms with Crippen LogP contribution in [0.1, 0.15) is 17.9 Å². The SMILES string of the molecule is COc1ccccc1C1CC(=O)N(c2ccc(I)cc2)C1=O. The molecule has 0 N–H and O–H groups in total. The summed E-state index contributed by atoms with van der Waals surface area (Å²) in [6.07, 6.45) is 0.172. The predicted octanol–water partition coefficient (Wildman–Crippen LogP) is 3.35. The molecule has 2 amide bonds. The van der Waals surface area contributed by atoms with Gasteiger partial charge in [-0.25, -0.2) is 0 Å². The Bertz CT molecular complexity index is 727. The number of methoxy groups -OCH3 is 1. The van der Waals surface area contributed by atoms with Crippen LogP contribution in [0.4, 0.5) is 5.69 Å². The van der Waals surface area contributed by atoms with Crippen molar-refractivity contribution >= 4 is 40.1 Å². The molecular formula is C17H14INO3. The second-order valence-electron chi connectivity index (χ2n) is 5.04. The summed E-state index contributed by atoms with van der Waals surface area (Å²) < 4.78 is 6.37. The third-order valence-corrected chi connectivity index (χ3v) is 4.46. The summed E-state index contributed by atoms with van der Waals surface area (Å²) in [5, 5.41) is 0. The zero-order chi connectivity index (χ0) is 15.7. The average Bonchev–Trinajstić information content (AvgIpc) is 2.83. The molecule has 0 radical (unpaired) electrons. The van der Waals surface area contributed by atoms with Crippen LogP contribution < -0.4 is 9.64 Å². The van der Waals surface area contributed by atoms with Gasteiger partial charge in [-0.2, -0.15) is 0 Å². The summed E-state index contributed by atoms with van der Waals surface area (Å²) in [6, 6.07) is 14.7. The quantitative estimate of drug-likeness (QED) is 0.579. The Kier molecular flexibility index (Phi) is 4.15. The van der Waals surface area contributed by atoms with Crippen LogP contribution in [0, 0.1) is 3.57 Å². The Morgan fingerprint density at radius 2 is 1.77 bits per heavy atom. The topological polar surface area (TPSA) is 46.6 Å². The van der Waals surface area contributed by atoms with Crippen LogP contribution in [0.2, 0.25) is 0 Å². The van der Waals surface area contributed by atoms with E-state index in [0.29, 0.717) is 11.4 Å². The lowest BCUT2D eigenvalue weighted by Gasteiger charge is -2.16. The number of ether oxygens (including phenoxy) is 1. The molecular weight excluding hydrogens is 393 g/mol. The van der Waals surface area contributed by atoms with Crippen molar-refractivity contribution < 1.29 is 14.3 Å². The number of carbonyl (C=O) groups is 2. The van der Waals surface area contributed by atoms with Gasteiger partial charge in [-0.15, -0.1) is 0 Å². The highest BCUT2D eigenvalue weighted by Gasteiger charge is 2.41. The summed E-state index contributed by atoms with van der Waals surface area (Å²) in [7, 11) is 1.57. The molecule has 112 valence electrons. The van der Waals surface area contributed by atoms with Crippen LogP contribution in [-0.4, -0.2) is 18.9 Å². The molecule has 1 atom stereocenters. The number of halogens is 1. The summed E-state index contributed by atoms with van der Waals surface area (Å²) >= 11 is 2.19. The Morgan fingerprint density at radius 3 is 2.45 bits per heavy atom. The lowest BCUT2D eigenvalue weighted by molar-refractivity contribution is -0.121. The zero-order valence-corrected chi connectivity index (χ0v) is 14.1. The molecule has 1 aliphatic heterocycles. The summed E-state index contributed by atoms with van der Waals surface area (Å²) in [4.78, 5) is 26.3. The van der Waals surface area contributed by atoms with Crippen LogP contribution in [0.15, 0.2) is 48.5 Å². The molecule has 22 heavy (non-hydrogen) atoms. The maximum absolute atomic E-state index is 12.7. The molecule has 0 spiro atoms.